The molecule has 1 atom stereocenters. The van der Waals surface area contributed by atoms with Gasteiger partial charge >= 0.3 is 0 Å². The summed E-state index contributed by atoms with van der Waals surface area (Å²) in [4.78, 5) is 34.3. The highest BCUT2D eigenvalue weighted by atomic mass is 32.1. The molecule has 0 radical (unpaired) electrons. The number of nitrogens with one attached hydrogen (secondary N) is 3. The number of carbonyl (C=O) groups excluding carboxylic acids is 1. The molecule has 9 nitrogen and oxygen atoms in total. The minimum absolute atomic E-state index is 0.193. The molecule has 0 spiro atoms. The summed E-state index contributed by atoms with van der Waals surface area (Å²) in [5.74, 6) is -0.0215. The second-order valence-corrected chi connectivity index (χ2v) is 9.93. The van der Waals surface area contributed by atoms with E-state index in [2.05, 4.69) is 31.6 Å². The van der Waals surface area contributed by atoms with Gasteiger partial charge in [-0.25, -0.2) is 0 Å². The molecule has 1 saturated heterocycles. The number of carbonyl (C=O) groups is 1. The molecular formula is C27H32N6O3S. The van der Waals surface area contributed by atoms with Crippen molar-refractivity contribution in [1.82, 2.24) is 9.36 Å². The third-order valence-electron chi connectivity index (χ3n) is 6.35. The number of anilines is 3. The highest BCUT2D eigenvalue weighted by Crippen LogP contribution is 2.28. The van der Waals surface area contributed by atoms with E-state index in [1.807, 2.05) is 32.9 Å². The minimum atomic E-state index is -0.291. The van der Waals surface area contributed by atoms with Crippen molar-refractivity contribution < 1.29 is 9.53 Å². The normalized spacial score (nSPS) is 15.5. The number of ether oxygens (including phenoxy) is 1. The number of H-pyrrole nitrogens is 1. The van der Waals surface area contributed by atoms with Gasteiger partial charge in [0.25, 0.3) is 11.5 Å². The Balaban J connectivity index is 1.52. The van der Waals surface area contributed by atoms with Gasteiger partial charge in [0, 0.05) is 42.4 Å². The average molecular weight is 521 g/mol. The van der Waals surface area contributed by atoms with Gasteiger partial charge in [-0.15, -0.1) is 0 Å². The Morgan fingerprint density at radius 1 is 1.27 bits per heavy atom. The van der Waals surface area contributed by atoms with E-state index < -0.39 is 0 Å². The summed E-state index contributed by atoms with van der Waals surface area (Å²) in [6, 6.07) is 3.74. The van der Waals surface area contributed by atoms with E-state index in [0.717, 1.165) is 65.3 Å². The zero-order chi connectivity index (χ0) is 26.5. The highest BCUT2D eigenvalue weighted by Gasteiger charge is 2.19. The van der Waals surface area contributed by atoms with Crippen molar-refractivity contribution in [2.45, 2.75) is 46.1 Å². The third kappa shape index (κ3) is 5.98. The Labute approximate surface area is 220 Å². The smallest absolute Gasteiger partial charge is 0.271 e. The predicted octanol–water partition coefficient (Wildman–Crippen LogP) is 4.67. The lowest BCUT2D eigenvalue weighted by Crippen LogP contribution is -2.23. The molecule has 1 amide bonds. The monoisotopic (exact) mass is 520 g/mol. The fourth-order valence-electron chi connectivity index (χ4n) is 4.52. The Bertz CT molecular complexity index is 1380. The van der Waals surface area contributed by atoms with E-state index in [-0.39, 0.29) is 23.4 Å². The Morgan fingerprint density at radius 2 is 2.03 bits per heavy atom. The molecule has 1 aliphatic heterocycles. The van der Waals surface area contributed by atoms with Gasteiger partial charge in [0.05, 0.1) is 11.8 Å². The SMILES string of the molecule is C=Cc1cncc(C)c1NC(=O)c1c(C)cc(Nc2s[nH]c(=O)c2C(N)=NCCC2CCCO2)cc1C. The number of pyridine rings is 1. The van der Waals surface area contributed by atoms with Crippen LogP contribution in [-0.2, 0) is 4.74 Å². The molecule has 0 bridgehead atoms. The maximum atomic E-state index is 13.2. The van der Waals surface area contributed by atoms with Crippen molar-refractivity contribution in [2.24, 2.45) is 10.7 Å². The van der Waals surface area contributed by atoms with Crippen molar-refractivity contribution in [2.75, 3.05) is 23.8 Å². The zero-order valence-electron chi connectivity index (χ0n) is 21.3. The van der Waals surface area contributed by atoms with Crippen molar-refractivity contribution in [3.05, 3.63) is 74.8 Å². The van der Waals surface area contributed by atoms with Crippen molar-refractivity contribution in [1.29, 1.82) is 0 Å². The van der Waals surface area contributed by atoms with Gasteiger partial charge in [-0.3, -0.25) is 23.9 Å². The average Bonchev–Trinajstić information content (AvgIpc) is 3.49. The van der Waals surface area contributed by atoms with Crippen LogP contribution in [0.2, 0.25) is 0 Å². The maximum absolute atomic E-state index is 13.2. The lowest BCUT2D eigenvalue weighted by Gasteiger charge is -2.16. The first-order valence-electron chi connectivity index (χ1n) is 12.2. The van der Waals surface area contributed by atoms with Gasteiger partial charge in [0.1, 0.15) is 16.4 Å². The van der Waals surface area contributed by atoms with Crippen LogP contribution in [-0.4, -0.2) is 40.4 Å². The van der Waals surface area contributed by atoms with E-state index in [1.54, 1.807) is 18.5 Å². The summed E-state index contributed by atoms with van der Waals surface area (Å²) >= 11 is 1.16. The molecule has 1 aliphatic rings. The lowest BCUT2D eigenvalue weighted by molar-refractivity contribution is 0.102. The minimum Gasteiger partial charge on any atom is -0.383 e. The molecule has 10 heteroatoms. The number of aliphatic imine (C=N–C) groups is 1. The Morgan fingerprint density at radius 3 is 2.70 bits per heavy atom. The molecule has 37 heavy (non-hydrogen) atoms. The second kappa shape index (κ2) is 11.5. The van der Waals surface area contributed by atoms with Crippen LogP contribution in [0, 0.1) is 20.8 Å². The largest absolute Gasteiger partial charge is 0.383 e. The van der Waals surface area contributed by atoms with Crippen LogP contribution in [0.3, 0.4) is 0 Å². The van der Waals surface area contributed by atoms with Gasteiger partial charge in [0.15, 0.2) is 0 Å². The number of hydrogen-bond donors (Lipinski definition) is 4. The molecule has 1 fully saturated rings. The van der Waals surface area contributed by atoms with Crippen LogP contribution >= 0.6 is 11.5 Å². The fraction of sp³-hybridized carbons (Fsp3) is 0.333. The third-order valence-corrected chi connectivity index (χ3v) is 7.15. The molecule has 4 rings (SSSR count). The number of amidine groups is 1. The van der Waals surface area contributed by atoms with Crippen molar-refractivity contribution in [3.8, 4) is 0 Å². The molecule has 2 aromatic heterocycles. The van der Waals surface area contributed by atoms with Gasteiger partial charge in [-0.1, -0.05) is 12.7 Å². The molecule has 0 saturated carbocycles. The van der Waals surface area contributed by atoms with Crippen LogP contribution in [0.25, 0.3) is 6.08 Å². The predicted molar refractivity (Wildman–Crippen MR) is 150 cm³/mol. The van der Waals surface area contributed by atoms with Crippen LogP contribution in [0.15, 0.2) is 40.9 Å². The molecule has 5 N–H and O–H groups in total. The van der Waals surface area contributed by atoms with Crippen molar-refractivity contribution in [3.63, 3.8) is 0 Å². The molecule has 194 valence electrons. The summed E-state index contributed by atoms with van der Waals surface area (Å²) in [5, 5.41) is 6.86. The number of amides is 1. The highest BCUT2D eigenvalue weighted by molar-refractivity contribution is 7.10. The number of aromatic nitrogens is 2. The van der Waals surface area contributed by atoms with Gasteiger partial charge in [-0.2, -0.15) is 0 Å². The lowest BCUT2D eigenvalue weighted by atomic mass is 10.0. The first-order chi connectivity index (χ1) is 17.8. The topological polar surface area (TPSA) is 134 Å². The number of rotatable bonds is 9. The molecule has 1 aromatic carbocycles. The number of nitrogens with two attached hydrogens (primary N) is 1. The summed E-state index contributed by atoms with van der Waals surface area (Å²) in [6.07, 6.45) is 8.13. The van der Waals surface area contributed by atoms with Crippen molar-refractivity contribution >= 4 is 45.7 Å². The quantitative estimate of drug-likeness (QED) is 0.239. The number of hydrogen-bond acceptors (Lipinski definition) is 7. The van der Waals surface area contributed by atoms with Crippen LogP contribution in [0.1, 0.15) is 57.4 Å². The summed E-state index contributed by atoms with van der Waals surface area (Å²) < 4.78 is 8.36. The zero-order valence-corrected chi connectivity index (χ0v) is 22.1. The molecule has 3 aromatic rings. The number of aromatic amines is 1. The van der Waals surface area contributed by atoms with Crippen LogP contribution in [0.5, 0.6) is 0 Å². The van der Waals surface area contributed by atoms with Gasteiger partial charge in [0.2, 0.25) is 0 Å². The number of nitrogens with zero attached hydrogens (tertiary/aromatic N) is 2. The summed E-state index contributed by atoms with van der Waals surface area (Å²) in [6.45, 7) is 10.7. The first-order valence-corrected chi connectivity index (χ1v) is 13.0. The van der Waals surface area contributed by atoms with E-state index in [1.165, 1.54) is 0 Å². The van der Waals surface area contributed by atoms with E-state index in [0.29, 0.717) is 28.4 Å². The number of aryl methyl sites for hydroxylation is 3. The number of benzene rings is 1. The second-order valence-electron chi connectivity index (χ2n) is 9.12. The first kappa shape index (κ1) is 26.3. The van der Waals surface area contributed by atoms with E-state index in [4.69, 9.17) is 10.5 Å². The fourth-order valence-corrected chi connectivity index (χ4v) is 5.28. The Hall–Kier alpha value is -3.76. The summed E-state index contributed by atoms with van der Waals surface area (Å²) in [5.41, 5.74) is 11.4. The molecule has 0 aliphatic carbocycles. The van der Waals surface area contributed by atoms with E-state index >= 15 is 0 Å². The van der Waals surface area contributed by atoms with E-state index in [9.17, 15) is 9.59 Å². The standard InChI is InChI=1S/C27H32N6O3S/c1-5-18-14-29-13-17(4)23(18)32-25(34)21-15(2)11-19(12-16(21)3)31-27-22(26(35)33-37-27)24(28)30-9-8-20-7-6-10-36-20/h5,11-14,20,31H,1,6-10H2,2-4H3,(H2,28,30)(H,33,35)(H,29,32,34). The van der Waals surface area contributed by atoms with Gasteiger partial charge < -0.3 is 21.1 Å². The molecule has 3 heterocycles. The van der Waals surface area contributed by atoms with Crippen LogP contribution < -0.4 is 21.9 Å². The maximum Gasteiger partial charge on any atom is 0.271 e. The Kier molecular flexibility index (Phi) is 8.20. The molecular weight excluding hydrogens is 488 g/mol. The van der Waals surface area contributed by atoms with Gasteiger partial charge in [-0.05, 0) is 80.4 Å². The molecule has 1 unspecified atom stereocenters. The van der Waals surface area contributed by atoms with Crippen LogP contribution in [0.4, 0.5) is 16.4 Å². The summed E-state index contributed by atoms with van der Waals surface area (Å²) in [7, 11) is 0.